The van der Waals surface area contributed by atoms with Gasteiger partial charge in [0.1, 0.15) is 11.0 Å². The van der Waals surface area contributed by atoms with E-state index in [0.717, 1.165) is 22.2 Å². The van der Waals surface area contributed by atoms with Gasteiger partial charge in [0.2, 0.25) is 0 Å². The minimum Gasteiger partial charge on any atom is -0.340 e. The zero-order valence-corrected chi connectivity index (χ0v) is 16.9. The second kappa shape index (κ2) is 8.47. The number of hydrazone groups is 1. The number of rotatable bonds is 5. The standard InChI is InChI=1S/C23H18ClFN4O/c1-15-19(13-27-28-23(30)18-9-6-12-26-22(18)24)17-8-3-5-11-21(17)29(15)14-16-7-2-4-10-20(16)25/h2-13H,14H2,1H3,(H,28,30). The fraction of sp³-hybridized carbons (Fsp3) is 0.0870. The Morgan fingerprint density at radius 3 is 2.73 bits per heavy atom. The SMILES string of the molecule is Cc1c(C=NNC(=O)c2cccnc2Cl)c2ccccc2n1Cc1ccccc1F. The van der Waals surface area contributed by atoms with E-state index in [4.69, 9.17) is 11.6 Å². The zero-order chi connectivity index (χ0) is 21.1. The van der Waals surface area contributed by atoms with Gasteiger partial charge in [-0.1, -0.05) is 48.0 Å². The van der Waals surface area contributed by atoms with Crippen molar-refractivity contribution in [3.8, 4) is 0 Å². The summed E-state index contributed by atoms with van der Waals surface area (Å²) < 4.78 is 16.2. The van der Waals surface area contributed by atoms with Gasteiger partial charge in [0.05, 0.1) is 18.3 Å². The number of para-hydroxylation sites is 1. The lowest BCUT2D eigenvalue weighted by atomic mass is 10.1. The maximum absolute atomic E-state index is 14.2. The number of hydrogen-bond acceptors (Lipinski definition) is 3. The van der Waals surface area contributed by atoms with E-state index >= 15 is 0 Å². The molecule has 1 N–H and O–H groups in total. The van der Waals surface area contributed by atoms with Gasteiger partial charge < -0.3 is 4.57 Å². The number of halogens is 2. The number of hydrogen-bond donors (Lipinski definition) is 1. The van der Waals surface area contributed by atoms with Crippen LogP contribution < -0.4 is 5.43 Å². The fourth-order valence-electron chi connectivity index (χ4n) is 3.39. The molecule has 0 aliphatic heterocycles. The molecule has 4 rings (SSSR count). The Kier molecular flexibility index (Phi) is 5.59. The first-order valence-electron chi connectivity index (χ1n) is 9.31. The number of fused-ring (bicyclic) bond motifs is 1. The van der Waals surface area contributed by atoms with Gasteiger partial charge in [-0.3, -0.25) is 4.79 Å². The lowest BCUT2D eigenvalue weighted by molar-refractivity contribution is 0.0955. The normalized spacial score (nSPS) is 11.3. The predicted molar refractivity (Wildman–Crippen MR) is 116 cm³/mol. The maximum Gasteiger partial charge on any atom is 0.274 e. The van der Waals surface area contributed by atoms with E-state index < -0.39 is 5.91 Å². The number of nitrogens with zero attached hydrogens (tertiary/aromatic N) is 3. The zero-order valence-electron chi connectivity index (χ0n) is 16.1. The molecule has 2 heterocycles. The number of nitrogens with one attached hydrogen (secondary N) is 1. The molecule has 0 unspecified atom stereocenters. The second-order valence-electron chi connectivity index (χ2n) is 6.73. The smallest absolute Gasteiger partial charge is 0.274 e. The summed E-state index contributed by atoms with van der Waals surface area (Å²) in [7, 11) is 0. The van der Waals surface area contributed by atoms with E-state index in [1.165, 1.54) is 12.3 Å². The summed E-state index contributed by atoms with van der Waals surface area (Å²) in [6, 6.07) is 17.8. The largest absolute Gasteiger partial charge is 0.340 e. The molecule has 4 aromatic rings. The molecule has 2 aromatic heterocycles. The highest BCUT2D eigenvalue weighted by atomic mass is 35.5. The molecule has 2 aromatic carbocycles. The summed E-state index contributed by atoms with van der Waals surface area (Å²) in [4.78, 5) is 16.2. The average Bonchev–Trinajstić information content (AvgIpc) is 3.01. The predicted octanol–water partition coefficient (Wildman–Crippen LogP) is 4.95. The summed E-state index contributed by atoms with van der Waals surface area (Å²) in [5.41, 5.74) is 6.05. The Hall–Kier alpha value is -3.51. The van der Waals surface area contributed by atoms with Crippen molar-refractivity contribution >= 4 is 34.6 Å². The summed E-state index contributed by atoms with van der Waals surface area (Å²) >= 11 is 5.95. The fourth-order valence-corrected chi connectivity index (χ4v) is 3.60. The lowest BCUT2D eigenvalue weighted by Gasteiger charge is -2.09. The number of aromatic nitrogens is 2. The maximum atomic E-state index is 14.2. The molecule has 0 saturated carbocycles. The molecule has 0 fully saturated rings. The summed E-state index contributed by atoms with van der Waals surface area (Å²) in [5, 5.41) is 5.19. The van der Waals surface area contributed by atoms with Crippen molar-refractivity contribution < 1.29 is 9.18 Å². The van der Waals surface area contributed by atoms with Crippen LogP contribution in [0.15, 0.2) is 72.0 Å². The van der Waals surface area contributed by atoms with Gasteiger partial charge in [0, 0.05) is 33.9 Å². The van der Waals surface area contributed by atoms with Crippen LogP contribution in [0, 0.1) is 12.7 Å². The van der Waals surface area contributed by atoms with Crippen LogP contribution in [0.3, 0.4) is 0 Å². The highest BCUT2D eigenvalue weighted by molar-refractivity contribution is 6.32. The van der Waals surface area contributed by atoms with Crippen molar-refractivity contribution in [3.63, 3.8) is 0 Å². The second-order valence-corrected chi connectivity index (χ2v) is 7.09. The van der Waals surface area contributed by atoms with Crippen molar-refractivity contribution in [2.45, 2.75) is 13.5 Å². The van der Waals surface area contributed by atoms with E-state index in [1.807, 2.05) is 41.8 Å². The van der Waals surface area contributed by atoms with Crippen molar-refractivity contribution in [1.29, 1.82) is 0 Å². The van der Waals surface area contributed by atoms with Gasteiger partial charge in [0.25, 0.3) is 5.91 Å². The monoisotopic (exact) mass is 420 g/mol. The van der Waals surface area contributed by atoms with Gasteiger partial charge >= 0.3 is 0 Å². The molecule has 7 heteroatoms. The average molecular weight is 421 g/mol. The van der Waals surface area contributed by atoms with Crippen molar-refractivity contribution in [1.82, 2.24) is 15.0 Å². The van der Waals surface area contributed by atoms with Gasteiger partial charge in [0.15, 0.2) is 0 Å². The van der Waals surface area contributed by atoms with E-state index in [2.05, 4.69) is 15.5 Å². The number of benzene rings is 2. The van der Waals surface area contributed by atoms with Crippen molar-refractivity contribution in [3.05, 3.63) is 100 Å². The first kappa shape index (κ1) is 19.8. The number of carbonyl (C=O) groups excluding carboxylic acids is 1. The van der Waals surface area contributed by atoms with Crippen LogP contribution in [0.25, 0.3) is 10.9 Å². The highest BCUT2D eigenvalue weighted by Crippen LogP contribution is 2.26. The molecule has 30 heavy (non-hydrogen) atoms. The van der Waals surface area contributed by atoms with Gasteiger partial charge in [-0.25, -0.2) is 14.8 Å². The third kappa shape index (κ3) is 3.82. The number of pyridine rings is 1. The van der Waals surface area contributed by atoms with Gasteiger partial charge in [-0.2, -0.15) is 5.10 Å². The van der Waals surface area contributed by atoms with Crippen molar-refractivity contribution in [2.24, 2.45) is 5.10 Å². The summed E-state index contributed by atoms with van der Waals surface area (Å²) in [6.45, 7) is 2.34. The Balaban J connectivity index is 1.65. The molecule has 1 amide bonds. The van der Waals surface area contributed by atoms with Crippen LogP contribution in [0.5, 0.6) is 0 Å². The Morgan fingerprint density at radius 1 is 1.17 bits per heavy atom. The molecule has 0 saturated heterocycles. The van der Waals surface area contributed by atoms with Crippen LogP contribution in [0.1, 0.15) is 27.2 Å². The van der Waals surface area contributed by atoms with E-state index in [0.29, 0.717) is 12.1 Å². The highest BCUT2D eigenvalue weighted by Gasteiger charge is 2.14. The molecule has 150 valence electrons. The molecular formula is C23H18ClFN4O. The third-order valence-corrected chi connectivity index (χ3v) is 5.23. The molecule has 0 bridgehead atoms. The first-order chi connectivity index (χ1) is 14.6. The third-order valence-electron chi connectivity index (χ3n) is 4.93. The van der Waals surface area contributed by atoms with Crippen LogP contribution in [0.2, 0.25) is 5.15 Å². The summed E-state index contributed by atoms with van der Waals surface area (Å²) in [5.74, 6) is -0.692. The minimum absolute atomic E-state index is 0.114. The van der Waals surface area contributed by atoms with E-state index in [9.17, 15) is 9.18 Å². The number of amides is 1. The topological polar surface area (TPSA) is 59.3 Å². The Morgan fingerprint density at radius 2 is 1.93 bits per heavy atom. The molecule has 0 radical (unpaired) electrons. The molecule has 0 aliphatic carbocycles. The Labute approximate surface area is 177 Å². The van der Waals surface area contributed by atoms with Crippen LogP contribution in [0.4, 0.5) is 4.39 Å². The molecule has 0 atom stereocenters. The minimum atomic E-state index is -0.447. The summed E-state index contributed by atoms with van der Waals surface area (Å²) in [6.07, 6.45) is 3.11. The lowest BCUT2D eigenvalue weighted by Crippen LogP contribution is -2.18. The molecular weight excluding hydrogens is 403 g/mol. The molecule has 5 nitrogen and oxygen atoms in total. The number of carbonyl (C=O) groups is 1. The first-order valence-corrected chi connectivity index (χ1v) is 9.69. The van der Waals surface area contributed by atoms with Gasteiger partial charge in [-0.05, 0) is 31.2 Å². The van der Waals surface area contributed by atoms with Gasteiger partial charge in [-0.15, -0.1) is 0 Å². The quantitative estimate of drug-likeness (QED) is 0.282. The van der Waals surface area contributed by atoms with Crippen LogP contribution >= 0.6 is 11.6 Å². The van der Waals surface area contributed by atoms with Crippen LogP contribution in [-0.2, 0) is 6.54 Å². The van der Waals surface area contributed by atoms with Crippen molar-refractivity contribution in [2.75, 3.05) is 0 Å². The molecule has 0 aliphatic rings. The van der Waals surface area contributed by atoms with Crippen LogP contribution in [-0.4, -0.2) is 21.7 Å². The Bertz CT molecular complexity index is 1270. The molecule has 0 spiro atoms. The van der Waals surface area contributed by atoms with E-state index in [1.54, 1.807) is 30.5 Å². The van der Waals surface area contributed by atoms with E-state index in [-0.39, 0.29) is 16.5 Å².